The lowest BCUT2D eigenvalue weighted by molar-refractivity contribution is 0.139. The molecule has 97 valence electrons. The van der Waals surface area contributed by atoms with Crippen LogP contribution in [0.1, 0.15) is 18.4 Å². The Morgan fingerprint density at radius 1 is 1.39 bits per heavy atom. The third-order valence-corrected chi connectivity index (χ3v) is 2.27. The fourth-order valence-corrected chi connectivity index (χ4v) is 1.32. The lowest BCUT2D eigenvalue weighted by Gasteiger charge is -2.07. The molecular formula is C13H16NO4. The number of aliphatic hydroxyl groups is 1. The van der Waals surface area contributed by atoms with Crippen LogP contribution in [0.5, 0.6) is 0 Å². The van der Waals surface area contributed by atoms with Crippen molar-refractivity contribution in [2.75, 3.05) is 6.54 Å². The number of aliphatic hydroxyl groups excluding tert-OH is 1. The number of rotatable bonds is 7. The molecule has 1 amide bonds. The van der Waals surface area contributed by atoms with Gasteiger partial charge in [-0.3, -0.25) is 4.79 Å². The van der Waals surface area contributed by atoms with E-state index in [0.29, 0.717) is 13.0 Å². The molecule has 0 aromatic heterocycles. The largest absolute Gasteiger partial charge is 0.445 e. The molecule has 1 aromatic rings. The molecule has 5 nitrogen and oxygen atoms in total. The Hall–Kier alpha value is -1.88. The molecule has 1 aromatic carbocycles. The van der Waals surface area contributed by atoms with Crippen molar-refractivity contribution in [2.24, 2.45) is 0 Å². The SMILES string of the molecule is O=[C]C(O)CCCNC(=O)OCc1ccccc1. The number of ether oxygens (including phenoxy) is 1. The molecule has 0 heterocycles. The number of amides is 1. The van der Waals surface area contributed by atoms with Crippen molar-refractivity contribution in [2.45, 2.75) is 25.6 Å². The minimum Gasteiger partial charge on any atom is -0.445 e. The second-order valence-corrected chi connectivity index (χ2v) is 3.76. The summed E-state index contributed by atoms with van der Waals surface area (Å²) in [5.41, 5.74) is 0.915. The summed E-state index contributed by atoms with van der Waals surface area (Å²) < 4.78 is 4.97. The molecule has 1 radical (unpaired) electrons. The van der Waals surface area contributed by atoms with Crippen LogP contribution in [-0.2, 0) is 16.1 Å². The van der Waals surface area contributed by atoms with Gasteiger partial charge in [0.25, 0.3) is 0 Å². The van der Waals surface area contributed by atoms with Gasteiger partial charge in [-0.25, -0.2) is 4.79 Å². The topological polar surface area (TPSA) is 75.6 Å². The van der Waals surface area contributed by atoms with Crippen LogP contribution in [0.2, 0.25) is 0 Å². The Morgan fingerprint density at radius 3 is 2.78 bits per heavy atom. The van der Waals surface area contributed by atoms with Crippen LogP contribution in [0.3, 0.4) is 0 Å². The van der Waals surface area contributed by atoms with E-state index >= 15 is 0 Å². The Labute approximate surface area is 106 Å². The van der Waals surface area contributed by atoms with Crippen molar-refractivity contribution in [1.29, 1.82) is 0 Å². The molecule has 5 heteroatoms. The predicted molar refractivity (Wildman–Crippen MR) is 65.6 cm³/mol. The van der Waals surface area contributed by atoms with Crippen LogP contribution in [0.15, 0.2) is 30.3 Å². The van der Waals surface area contributed by atoms with Gasteiger partial charge in [-0.2, -0.15) is 0 Å². The highest BCUT2D eigenvalue weighted by Crippen LogP contribution is 2.00. The van der Waals surface area contributed by atoms with Gasteiger partial charge in [0.05, 0.1) is 0 Å². The van der Waals surface area contributed by atoms with E-state index in [0.717, 1.165) is 5.56 Å². The standard InChI is InChI=1S/C13H16NO4/c15-9-12(16)7-4-8-14-13(17)18-10-11-5-2-1-3-6-11/h1-3,5-6,12,16H,4,7-8,10H2,(H,14,17). The zero-order valence-corrected chi connectivity index (χ0v) is 9.96. The van der Waals surface area contributed by atoms with Crippen LogP contribution in [-0.4, -0.2) is 30.1 Å². The third kappa shape index (κ3) is 6.00. The number of carbonyl (C=O) groups excluding carboxylic acids is 2. The summed E-state index contributed by atoms with van der Waals surface area (Å²) in [4.78, 5) is 21.3. The molecule has 0 bridgehead atoms. The second-order valence-electron chi connectivity index (χ2n) is 3.76. The van der Waals surface area contributed by atoms with Crippen LogP contribution >= 0.6 is 0 Å². The number of nitrogens with one attached hydrogen (secondary N) is 1. The van der Waals surface area contributed by atoms with Gasteiger partial charge in [0.15, 0.2) is 0 Å². The summed E-state index contributed by atoms with van der Waals surface area (Å²) >= 11 is 0. The minimum absolute atomic E-state index is 0.220. The van der Waals surface area contributed by atoms with Crippen molar-refractivity contribution in [3.63, 3.8) is 0 Å². The summed E-state index contributed by atoms with van der Waals surface area (Å²) in [6.45, 7) is 0.573. The lowest BCUT2D eigenvalue weighted by Crippen LogP contribution is -2.26. The van der Waals surface area contributed by atoms with Crippen molar-refractivity contribution in [3.05, 3.63) is 35.9 Å². The zero-order valence-electron chi connectivity index (χ0n) is 9.96. The highest BCUT2D eigenvalue weighted by atomic mass is 16.5. The number of alkyl carbamates (subject to hydrolysis) is 1. The van der Waals surface area contributed by atoms with Crippen molar-refractivity contribution < 1.29 is 19.4 Å². The predicted octanol–water partition coefficient (Wildman–Crippen LogP) is 1.16. The fourth-order valence-electron chi connectivity index (χ4n) is 1.32. The van der Waals surface area contributed by atoms with Gasteiger partial charge >= 0.3 is 6.09 Å². The van der Waals surface area contributed by atoms with Gasteiger partial charge in [-0.15, -0.1) is 0 Å². The molecule has 0 saturated heterocycles. The summed E-state index contributed by atoms with van der Waals surface area (Å²) in [5, 5.41) is 11.4. The highest BCUT2D eigenvalue weighted by Gasteiger charge is 2.04. The van der Waals surface area contributed by atoms with E-state index in [1.807, 2.05) is 30.3 Å². The van der Waals surface area contributed by atoms with Gasteiger partial charge in [0.2, 0.25) is 6.29 Å². The number of benzene rings is 1. The maximum Gasteiger partial charge on any atom is 0.407 e. The number of hydrogen-bond donors (Lipinski definition) is 2. The second kappa shape index (κ2) is 8.25. The minimum atomic E-state index is -1.08. The fraction of sp³-hybridized carbons (Fsp3) is 0.385. The molecule has 0 fully saturated rings. The first-order valence-corrected chi connectivity index (χ1v) is 5.72. The van der Waals surface area contributed by atoms with Gasteiger partial charge < -0.3 is 15.2 Å². The molecule has 0 aliphatic carbocycles. The van der Waals surface area contributed by atoms with Crippen LogP contribution in [0.25, 0.3) is 0 Å². The summed E-state index contributed by atoms with van der Waals surface area (Å²) in [5.74, 6) is 0. The molecule has 1 atom stereocenters. The zero-order chi connectivity index (χ0) is 13.2. The van der Waals surface area contributed by atoms with E-state index in [2.05, 4.69) is 5.32 Å². The average Bonchev–Trinajstić information content (AvgIpc) is 2.42. The molecule has 0 aliphatic heterocycles. The average molecular weight is 250 g/mol. The van der Waals surface area contributed by atoms with Gasteiger partial charge in [-0.1, -0.05) is 30.3 Å². The molecule has 1 unspecified atom stereocenters. The molecule has 0 aliphatic rings. The van der Waals surface area contributed by atoms with Crippen LogP contribution in [0, 0.1) is 0 Å². The van der Waals surface area contributed by atoms with E-state index in [4.69, 9.17) is 9.84 Å². The normalized spacial score (nSPS) is 11.6. The monoisotopic (exact) mass is 250 g/mol. The molecule has 2 N–H and O–H groups in total. The summed E-state index contributed by atoms with van der Waals surface area (Å²) in [6.07, 6.45) is 0.651. The lowest BCUT2D eigenvalue weighted by atomic mass is 10.2. The first-order valence-electron chi connectivity index (χ1n) is 5.72. The van der Waals surface area contributed by atoms with E-state index < -0.39 is 12.2 Å². The van der Waals surface area contributed by atoms with Crippen LogP contribution in [0.4, 0.5) is 4.79 Å². The van der Waals surface area contributed by atoms with E-state index in [9.17, 15) is 9.59 Å². The number of hydrogen-bond acceptors (Lipinski definition) is 4. The molecule has 0 spiro atoms. The van der Waals surface area contributed by atoms with Gasteiger partial charge in [-0.05, 0) is 18.4 Å². The quantitative estimate of drug-likeness (QED) is 0.712. The van der Waals surface area contributed by atoms with E-state index in [1.54, 1.807) is 0 Å². The summed E-state index contributed by atoms with van der Waals surface area (Å²) in [7, 11) is 0. The molecule has 1 rings (SSSR count). The molecular weight excluding hydrogens is 234 g/mol. The third-order valence-electron chi connectivity index (χ3n) is 2.27. The van der Waals surface area contributed by atoms with E-state index in [1.165, 1.54) is 6.29 Å². The van der Waals surface area contributed by atoms with Crippen molar-refractivity contribution >= 4 is 12.4 Å². The molecule has 0 saturated carbocycles. The smallest absolute Gasteiger partial charge is 0.407 e. The molecule has 18 heavy (non-hydrogen) atoms. The Bertz CT molecular complexity index is 367. The Kier molecular flexibility index (Phi) is 6.50. The van der Waals surface area contributed by atoms with Gasteiger partial charge in [0.1, 0.15) is 12.7 Å². The maximum atomic E-state index is 11.3. The highest BCUT2D eigenvalue weighted by molar-refractivity contribution is 5.67. The maximum absolute atomic E-state index is 11.3. The Morgan fingerprint density at radius 2 is 2.11 bits per heavy atom. The summed E-state index contributed by atoms with van der Waals surface area (Å²) in [6, 6.07) is 9.36. The first-order chi connectivity index (χ1) is 8.72. The Balaban J connectivity index is 2.09. The van der Waals surface area contributed by atoms with Crippen molar-refractivity contribution in [1.82, 2.24) is 5.32 Å². The van der Waals surface area contributed by atoms with Crippen LogP contribution < -0.4 is 5.32 Å². The number of carbonyl (C=O) groups is 1. The van der Waals surface area contributed by atoms with E-state index in [-0.39, 0.29) is 13.0 Å². The van der Waals surface area contributed by atoms with Crippen molar-refractivity contribution in [3.8, 4) is 0 Å². The first kappa shape index (κ1) is 14.2. The van der Waals surface area contributed by atoms with Gasteiger partial charge in [0, 0.05) is 6.54 Å².